The van der Waals surface area contributed by atoms with Gasteiger partial charge in [-0.2, -0.15) is 0 Å². The lowest BCUT2D eigenvalue weighted by Crippen LogP contribution is -2.49. The molecule has 3 rings (SSSR count). The maximum Gasteiger partial charge on any atom is 0.242 e. The Bertz CT molecular complexity index is 607. The highest BCUT2D eigenvalue weighted by atomic mass is 16.2. The number of hydrogen-bond acceptors (Lipinski definition) is 2. The fraction of sp³-hybridized carbons (Fsp3) is 0.556. The summed E-state index contributed by atoms with van der Waals surface area (Å²) >= 11 is 0. The average molecular weight is 300 g/mol. The molecule has 1 aliphatic heterocycles. The van der Waals surface area contributed by atoms with Crippen LogP contribution in [0.25, 0.3) is 0 Å². The lowest BCUT2D eigenvalue weighted by atomic mass is 10.0. The minimum atomic E-state index is -0.824. The highest BCUT2D eigenvalue weighted by Gasteiger charge is 2.59. The van der Waals surface area contributed by atoms with Gasteiger partial charge in [-0.3, -0.25) is 9.59 Å². The van der Waals surface area contributed by atoms with E-state index in [1.807, 2.05) is 36.9 Å². The average Bonchev–Trinajstić information content (AvgIpc) is 3.24. The van der Waals surface area contributed by atoms with Crippen molar-refractivity contribution in [2.75, 3.05) is 4.90 Å². The number of fused-ring (bicyclic) bond motifs is 1. The number of para-hydroxylation sites is 1. The third-order valence-electron chi connectivity index (χ3n) is 5.01. The molecular weight excluding hydrogens is 276 g/mol. The van der Waals surface area contributed by atoms with Crippen LogP contribution in [-0.2, 0) is 16.0 Å². The van der Waals surface area contributed by atoms with Crippen LogP contribution in [0.5, 0.6) is 0 Å². The van der Waals surface area contributed by atoms with Crippen LogP contribution in [0.3, 0.4) is 0 Å². The number of carbonyl (C=O) groups excluding carboxylic acids is 2. The SMILES string of the molecule is CCC(C)NC(=O)C1(C(=O)N2c3ccccc3CC2C)CC1. The zero-order chi connectivity index (χ0) is 15.9. The minimum absolute atomic E-state index is 0.0225. The molecule has 1 heterocycles. The van der Waals surface area contributed by atoms with Gasteiger partial charge < -0.3 is 10.2 Å². The lowest BCUT2D eigenvalue weighted by Gasteiger charge is -2.28. The Labute approximate surface area is 131 Å². The third kappa shape index (κ3) is 2.31. The maximum atomic E-state index is 13.1. The molecule has 1 fully saturated rings. The number of carbonyl (C=O) groups is 2. The van der Waals surface area contributed by atoms with Crippen molar-refractivity contribution in [2.24, 2.45) is 5.41 Å². The van der Waals surface area contributed by atoms with Crippen molar-refractivity contribution < 1.29 is 9.59 Å². The molecule has 2 aliphatic rings. The van der Waals surface area contributed by atoms with Gasteiger partial charge in [-0.15, -0.1) is 0 Å². The highest BCUT2D eigenvalue weighted by Crippen LogP contribution is 2.50. The fourth-order valence-electron chi connectivity index (χ4n) is 3.23. The van der Waals surface area contributed by atoms with Gasteiger partial charge >= 0.3 is 0 Å². The van der Waals surface area contributed by atoms with Gasteiger partial charge in [0.25, 0.3) is 0 Å². The van der Waals surface area contributed by atoms with Gasteiger partial charge in [-0.1, -0.05) is 25.1 Å². The molecule has 4 heteroatoms. The third-order valence-corrected chi connectivity index (χ3v) is 5.01. The molecule has 22 heavy (non-hydrogen) atoms. The van der Waals surface area contributed by atoms with Crippen molar-refractivity contribution in [3.63, 3.8) is 0 Å². The first-order chi connectivity index (χ1) is 10.5. The predicted molar refractivity (Wildman–Crippen MR) is 86.7 cm³/mol. The van der Waals surface area contributed by atoms with Crippen LogP contribution in [0.4, 0.5) is 5.69 Å². The standard InChI is InChI=1S/C18H24N2O2/c1-4-12(2)19-16(21)18(9-10-18)17(22)20-13(3)11-14-7-5-6-8-15(14)20/h5-8,12-13H,4,9-11H2,1-3H3,(H,19,21). The van der Waals surface area contributed by atoms with Crippen molar-refractivity contribution in [3.05, 3.63) is 29.8 Å². The van der Waals surface area contributed by atoms with Crippen LogP contribution in [0.1, 0.15) is 45.6 Å². The van der Waals surface area contributed by atoms with Gasteiger partial charge in [-0.05, 0) is 51.2 Å². The molecule has 1 aromatic carbocycles. The second kappa shape index (κ2) is 5.41. The van der Waals surface area contributed by atoms with Gasteiger partial charge in [0.2, 0.25) is 11.8 Å². The summed E-state index contributed by atoms with van der Waals surface area (Å²) in [5, 5.41) is 2.99. The van der Waals surface area contributed by atoms with Crippen molar-refractivity contribution in [2.45, 2.75) is 58.5 Å². The first-order valence-electron chi connectivity index (χ1n) is 8.22. The van der Waals surface area contributed by atoms with Crippen LogP contribution in [0.15, 0.2) is 24.3 Å². The Hall–Kier alpha value is -1.84. The minimum Gasteiger partial charge on any atom is -0.353 e. The van der Waals surface area contributed by atoms with E-state index in [0.29, 0.717) is 12.8 Å². The summed E-state index contributed by atoms with van der Waals surface area (Å²) in [6, 6.07) is 8.25. The zero-order valence-electron chi connectivity index (χ0n) is 13.6. The monoisotopic (exact) mass is 300 g/mol. The van der Waals surface area contributed by atoms with Gasteiger partial charge in [-0.25, -0.2) is 0 Å². The first-order valence-corrected chi connectivity index (χ1v) is 8.22. The molecule has 0 spiro atoms. The molecule has 118 valence electrons. The molecular formula is C18H24N2O2. The van der Waals surface area contributed by atoms with Crippen LogP contribution in [0, 0.1) is 5.41 Å². The Morgan fingerprint density at radius 2 is 2.05 bits per heavy atom. The maximum absolute atomic E-state index is 13.1. The van der Waals surface area contributed by atoms with Gasteiger partial charge in [0.1, 0.15) is 5.41 Å². The molecule has 1 aromatic rings. The van der Waals surface area contributed by atoms with Crippen LogP contribution >= 0.6 is 0 Å². The van der Waals surface area contributed by atoms with E-state index in [1.165, 1.54) is 5.56 Å². The lowest BCUT2D eigenvalue weighted by molar-refractivity contribution is -0.136. The van der Waals surface area contributed by atoms with Crippen LogP contribution in [0.2, 0.25) is 0 Å². The van der Waals surface area contributed by atoms with E-state index in [9.17, 15) is 9.59 Å². The Morgan fingerprint density at radius 3 is 2.68 bits per heavy atom. The molecule has 2 amide bonds. The quantitative estimate of drug-likeness (QED) is 0.869. The first kappa shape index (κ1) is 15.1. The Kier molecular flexibility index (Phi) is 3.71. The van der Waals surface area contributed by atoms with E-state index in [2.05, 4.69) is 18.3 Å². The van der Waals surface area contributed by atoms with E-state index >= 15 is 0 Å². The van der Waals surface area contributed by atoms with E-state index in [0.717, 1.165) is 18.5 Å². The molecule has 1 N–H and O–H groups in total. The summed E-state index contributed by atoms with van der Waals surface area (Å²) in [6.45, 7) is 6.07. The molecule has 0 aromatic heterocycles. The second-order valence-corrected chi connectivity index (χ2v) is 6.72. The molecule has 0 bridgehead atoms. The second-order valence-electron chi connectivity index (χ2n) is 6.72. The van der Waals surface area contributed by atoms with E-state index in [1.54, 1.807) is 0 Å². The van der Waals surface area contributed by atoms with Gasteiger partial charge in [0, 0.05) is 17.8 Å². The topological polar surface area (TPSA) is 49.4 Å². The van der Waals surface area contributed by atoms with Crippen molar-refractivity contribution in [3.8, 4) is 0 Å². The Balaban J connectivity index is 1.84. The van der Waals surface area contributed by atoms with E-state index < -0.39 is 5.41 Å². The van der Waals surface area contributed by atoms with Crippen LogP contribution in [-0.4, -0.2) is 23.9 Å². The number of nitrogens with zero attached hydrogens (tertiary/aromatic N) is 1. The summed E-state index contributed by atoms with van der Waals surface area (Å²) in [4.78, 5) is 27.5. The summed E-state index contributed by atoms with van der Waals surface area (Å²) in [5.41, 5.74) is 1.35. The molecule has 1 saturated carbocycles. The molecule has 2 atom stereocenters. The van der Waals surface area contributed by atoms with Crippen molar-refractivity contribution >= 4 is 17.5 Å². The summed E-state index contributed by atoms with van der Waals surface area (Å²) in [5.74, 6) is -0.116. The van der Waals surface area contributed by atoms with Crippen LogP contribution < -0.4 is 10.2 Å². The predicted octanol–water partition coefficient (Wildman–Crippen LogP) is 2.66. The summed E-state index contributed by atoms with van der Waals surface area (Å²) in [6.07, 6.45) is 3.07. The smallest absolute Gasteiger partial charge is 0.242 e. The summed E-state index contributed by atoms with van der Waals surface area (Å²) in [7, 11) is 0. The highest BCUT2D eigenvalue weighted by molar-refractivity contribution is 6.15. The Morgan fingerprint density at radius 1 is 1.36 bits per heavy atom. The number of rotatable bonds is 4. The van der Waals surface area contributed by atoms with Gasteiger partial charge in [0.15, 0.2) is 0 Å². The number of hydrogen-bond donors (Lipinski definition) is 1. The largest absolute Gasteiger partial charge is 0.353 e. The van der Waals surface area contributed by atoms with E-state index in [-0.39, 0.29) is 23.9 Å². The summed E-state index contributed by atoms with van der Waals surface area (Å²) < 4.78 is 0. The zero-order valence-corrected chi connectivity index (χ0v) is 13.6. The number of benzene rings is 1. The fourth-order valence-corrected chi connectivity index (χ4v) is 3.23. The molecule has 1 aliphatic carbocycles. The number of amides is 2. The van der Waals surface area contributed by atoms with Gasteiger partial charge in [0.05, 0.1) is 0 Å². The number of nitrogens with one attached hydrogen (secondary N) is 1. The van der Waals surface area contributed by atoms with Crippen molar-refractivity contribution in [1.82, 2.24) is 5.32 Å². The molecule has 0 radical (unpaired) electrons. The normalized spacial score (nSPS) is 22.9. The molecule has 4 nitrogen and oxygen atoms in total. The molecule has 0 saturated heterocycles. The number of anilines is 1. The van der Waals surface area contributed by atoms with Crippen molar-refractivity contribution in [1.29, 1.82) is 0 Å². The molecule has 2 unspecified atom stereocenters. The van der Waals surface area contributed by atoms with E-state index in [4.69, 9.17) is 0 Å².